The van der Waals surface area contributed by atoms with E-state index in [9.17, 15) is 9.59 Å². The smallest absolute Gasteiger partial charge is 0.328 e. The number of carboxylic acid groups (broad SMARTS) is 1. The highest BCUT2D eigenvalue weighted by Crippen LogP contribution is 2.04. The van der Waals surface area contributed by atoms with Crippen LogP contribution in [0.15, 0.2) is 24.3 Å². The second-order valence-corrected chi connectivity index (χ2v) is 4.73. The van der Waals surface area contributed by atoms with Gasteiger partial charge in [0.05, 0.1) is 0 Å². The molecular formula is C13H18N2O3. The molecule has 1 aromatic carbocycles. The number of amides is 2. The van der Waals surface area contributed by atoms with Gasteiger partial charge in [0.25, 0.3) is 0 Å². The number of carbonyl (C=O) groups is 2. The highest BCUT2D eigenvalue weighted by Gasteiger charge is 2.28. The Morgan fingerprint density at radius 2 is 2.00 bits per heavy atom. The maximum absolute atomic E-state index is 11.5. The van der Waals surface area contributed by atoms with E-state index < -0.39 is 17.5 Å². The van der Waals surface area contributed by atoms with Gasteiger partial charge in [-0.25, -0.2) is 9.59 Å². The molecule has 0 saturated carbocycles. The number of hydrogen-bond donors (Lipinski definition) is 3. The Bertz CT molecular complexity index is 455. The topological polar surface area (TPSA) is 78.4 Å². The van der Waals surface area contributed by atoms with Crippen LogP contribution >= 0.6 is 0 Å². The molecule has 0 aliphatic heterocycles. The van der Waals surface area contributed by atoms with Gasteiger partial charge in [-0.2, -0.15) is 0 Å². The van der Waals surface area contributed by atoms with Crippen molar-refractivity contribution in [3.05, 3.63) is 35.4 Å². The number of aryl methyl sites for hydroxylation is 1. The van der Waals surface area contributed by atoms with Gasteiger partial charge in [0, 0.05) is 6.54 Å². The van der Waals surface area contributed by atoms with Gasteiger partial charge in [-0.1, -0.05) is 29.8 Å². The molecule has 1 aromatic rings. The summed E-state index contributed by atoms with van der Waals surface area (Å²) >= 11 is 0. The van der Waals surface area contributed by atoms with Crippen molar-refractivity contribution in [2.24, 2.45) is 0 Å². The lowest BCUT2D eigenvalue weighted by atomic mass is 10.1. The zero-order valence-corrected chi connectivity index (χ0v) is 10.8. The van der Waals surface area contributed by atoms with Gasteiger partial charge in [-0.3, -0.25) is 0 Å². The van der Waals surface area contributed by atoms with Crippen LogP contribution in [-0.4, -0.2) is 22.6 Å². The van der Waals surface area contributed by atoms with Gasteiger partial charge < -0.3 is 15.7 Å². The minimum absolute atomic E-state index is 0.364. The second-order valence-electron chi connectivity index (χ2n) is 4.73. The number of urea groups is 1. The summed E-state index contributed by atoms with van der Waals surface area (Å²) in [5, 5.41) is 13.9. The lowest BCUT2D eigenvalue weighted by Crippen LogP contribution is -2.52. The summed E-state index contributed by atoms with van der Waals surface area (Å²) in [5.74, 6) is -1.08. The summed E-state index contributed by atoms with van der Waals surface area (Å²) in [7, 11) is 0. The van der Waals surface area contributed by atoms with Crippen molar-refractivity contribution in [2.45, 2.75) is 32.9 Å². The van der Waals surface area contributed by atoms with Gasteiger partial charge in [0.1, 0.15) is 5.54 Å². The number of rotatable bonds is 4. The maximum Gasteiger partial charge on any atom is 0.328 e. The molecule has 0 unspecified atom stereocenters. The molecule has 0 heterocycles. The number of carbonyl (C=O) groups excluding carboxylic acids is 1. The van der Waals surface area contributed by atoms with Crippen LogP contribution in [0.4, 0.5) is 4.79 Å². The fourth-order valence-corrected chi connectivity index (χ4v) is 1.39. The normalized spacial score (nSPS) is 10.8. The molecular weight excluding hydrogens is 232 g/mol. The predicted molar refractivity (Wildman–Crippen MR) is 68.3 cm³/mol. The Morgan fingerprint density at radius 1 is 1.33 bits per heavy atom. The Hall–Kier alpha value is -2.04. The monoisotopic (exact) mass is 250 g/mol. The molecule has 0 spiro atoms. The summed E-state index contributed by atoms with van der Waals surface area (Å²) < 4.78 is 0. The van der Waals surface area contributed by atoms with Crippen LogP contribution in [0.1, 0.15) is 25.0 Å². The first-order valence-electron chi connectivity index (χ1n) is 5.66. The Labute approximate surface area is 106 Å². The molecule has 0 fully saturated rings. The fourth-order valence-electron chi connectivity index (χ4n) is 1.39. The van der Waals surface area contributed by atoms with Crippen LogP contribution in [0, 0.1) is 6.92 Å². The quantitative estimate of drug-likeness (QED) is 0.760. The number of carboxylic acids is 1. The van der Waals surface area contributed by atoms with E-state index in [0.29, 0.717) is 6.54 Å². The molecule has 0 aromatic heterocycles. The van der Waals surface area contributed by atoms with Gasteiger partial charge >= 0.3 is 12.0 Å². The predicted octanol–water partition coefficient (Wildman–Crippen LogP) is 1.66. The summed E-state index contributed by atoms with van der Waals surface area (Å²) in [6.45, 7) is 5.20. The number of hydrogen-bond acceptors (Lipinski definition) is 2. The molecule has 0 aliphatic carbocycles. The fraction of sp³-hybridized carbons (Fsp3) is 0.385. The van der Waals surface area contributed by atoms with Gasteiger partial charge in [-0.05, 0) is 26.3 Å². The van der Waals surface area contributed by atoms with Gasteiger partial charge in [-0.15, -0.1) is 0 Å². The summed E-state index contributed by atoms with van der Waals surface area (Å²) in [4.78, 5) is 22.4. The first-order chi connectivity index (χ1) is 8.31. The van der Waals surface area contributed by atoms with Crippen molar-refractivity contribution in [1.82, 2.24) is 10.6 Å². The van der Waals surface area contributed by atoms with Crippen LogP contribution in [0.25, 0.3) is 0 Å². The number of benzene rings is 1. The third-order valence-corrected chi connectivity index (χ3v) is 2.50. The molecule has 3 N–H and O–H groups in total. The Balaban J connectivity index is 2.50. The summed E-state index contributed by atoms with van der Waals surface area (Å²) in [6, 6.07) is 7.24. The molecule has 0 saturated heterocycles. The van der Waals surface area contributed by atoms with E-state index in [1.54, 1.807) is 0 Å². The third-order valence-electron chi connectivity index (χ3n) is 2.50. The van der Waals surface area contributed by atoms with Gasteiger partial charge in [0.2, 0.25) is 0 Å². The minimum Gasteiger partial charge on any atom is -0.480 e. The molecule has 5 nitrogen and oxygen atoms in total. The molecule has 18 heavy (non-hydrogen) atoms. The lowest BCUT2D eigenvalue weighted by Gasteiger charge is -2.21. The van der Waals surface area contributed by atoms with E-state index in [-0.39, 0.29) is 0 Å². The zero-order valence-electron chi connectivity index (χ0n) is 10.8. The SMILES string of the molecule is Cc1cccc(CNC(=O)NC(C)(C)C(=O)O)c1. The highest BCUT2D eigenvalue weighted by atomic mass is 16.4. The number of aliphatic carboxylic acids is 1. The molecule has 2 amide bonds. The van der Waals surface area contributed by atoms with E-state index in [1.165, 1.54) is 13.8 Å². The molecule has 0 radical (unpaired) electrons. The minimum atomic E-state index is -1.28. The van der Waals surface area contributed by atoms with Crippen LogP contribution < -0.4 is 10.6 Å². The van der Waals surface area contributed by atoms with E-state index in [4.69, 9.17) is 5.11 Å². The van der Waals surface area contributed by atoms with Crippen LogP contribution in [0.5, 0.6) is 0 Å². The largest absolute Gasteiger partial charge is 0.480 e. The third kappa shape index (κ3) is 4.08. The Morgan fingerprint density at radius 3 is 2.56 bits per heavy atom. The molecule has 1 rings (SSSR count). The van der Waals surface area contributed by atoms with Crippen molar-refractivity contribution in [2.75, 3.05) is 0 Å². The van der Waals surface area contributed by atoms with Crippen molar-refractivity contribution in [3.63, 3.8) is 0 Å². The van der Waals surface area contributed by atoms with Crippen LogP contribution in [0.3, 0.4) is 0 Å². The first kappa shape index (κ1) is 14.0. The lowest BCUT2D eigenvalue weighted by molar-refractivity contribution is -0.142. The Kier molecular flexibility index (Phi) is 4.31. The average molecular weight is 250 g/mol. The molecule has 0 bridgehead atoms. The zero-order chi connectivity index (χ0) is 13.8. The van der Waals surface area contributed by atoms with Gasteiger partial charge in [0.15, 0.2) is 0 Å². The summed E-state index contributed by atoms with van der Waals surface area (Å²) in [6.07, 6.45) is 0. The maximum atomic E-state index is 11.5. The first-order valence-corrected chi connectivity index (χ1v) is 5.66. The molecule has 0 aliphatic rings. The molecule has 5 heteroatoms. The van der Waals surface area contributed by atoms with Crippen LogP contribution in [-0.2, 0) is 11.3 Å². The summed E-state index contributed by atoms with van der Waals surface area (Å²) in [5.41, 5.74) is 0.801. The molecule has 0 atom stereocenters. The average Bonchev–Trinajstić information content (AvgIpc) is 2.25. The molecule has 98 valence electrons. The highest BCUT2D eigenvalue weighted by molar-refractivity contribution is 5.85. The van der Waals surface area contributed by atoms with Crippen molar-refractivity contribution in [1.29, 1.82) is 0 Å². The van der Waals surface area contributed by atoms with Crippen LogP contribution in [0.2, 0.25) is 0 Å². The van der Waals surface area contributed by atoms with E-state index >= 15 is 0 Å². The second kappa shape index (κ2) is 5.53. The van der Waals surface area contributed by atoms with E-state index in [0.717, 1.165) is 11.1 Å². The number of nitrogens with one attached hydrogen (secondary N) is 2. The van der Waals surface area contributed by atoms with E-state index in [2.05, 4.69) is 10.6 Å². The van der Waals surface area contributed by atoms with Crippen molar-refractivity contribution in [3.8, 4) is 0 Å². The van der Waals surface area contributed by atoms with E-state index in [1.807, 2.05) is 31.2 Å². The standard InChI is InChI=1S/C13H18N2O3/c1-9-5-4-6-10(7-9)8-14-12(18)15-13(2,3)11(16)17/h4-7H,8H2,1-3H3,(H,16,17)(H2,14,15,18). The van der Waals surface area contributed by atoms with Crippen molar-refractivity contribution >= 4 is 12.0 Å². The van der Waals surface area contributed by atoms with Crippen molar-refractivity contribution < 1.29 is 14.7 Å².